The van der Waals surface area contributed by atoms with Gasteiger partial charge in [0, 0.05) is 10.2 Å². The molecule has 4 heteroatoms. The Morgan fingerprint density at radius 2 is 1.54 bits per heavy atom. The Hall–Kier alpha value is -2.17. The minimum Gasteiger partial charge on any atom is -0.352 e. The molecule has 2 N–H and O–H groups in total. The van der Waals surface area contributed by atoms with Crippen LogP contribution in [0, 0.1) is 13.8 Å². The fraction of sp³-hybridized carbons (Fsp3) is 0.136. The molecule has 0 bridgehead atoms. The van der Waals surface area contributed by atoms with E-state index in [2.05, 4.69) is 82.9 Å². The van der Waals surface area contributed by atoms with Crippen LogP contribution in [-0.2, 0) is 0 Å². The Kier molecular flexibility index (Phi) is 6.07. The summed E-state index contributed by atoms with van der Waals surface area (Å²) in [7, 11) is 0. The van der Waals surface area contributed by atoms with Crippen LogP contribution in [0.15, 0.2) is 77.3 Å². The summed E-state index contributed by atoms with van der Waals surface area (Å²) < 4.78 is 1.09. The molecule has 0 heterocycles. The van der Waals surface area contributed by atoms with Gasteiger partial charge in [-0.25, -0.2) is 0 Å². The summed E-state index contributed by atoms with van der Waals surface area (Å²) in [5.74, 6) is 0. The standard InChI is InChI=1S/C22H21BrN2S/c1-15-8-10-18(11-9-15)21(17-6-4-3-5-7-17)25-22(26)24-19-12-13-20(23)16(2)14-19/h3-14,21H,1-2H3,(H2,24,25,26)/t21-/m0/s1. The van der Waals surface area contributed by atoms with Crippen molar-refractivity contribution in [1.29, 1.82) is 0 Å². The molecule has 0 aliphatic rings. The Bertz CT molecular complexity index is 892. The van der Waals surface area contributed by atoms with Gasteiger partial charge in [0.15, 0.2) is 5.11 Å². The summed E-state index contributed by atoms with van der Waals surface area (Å²) in [5, 5.41) is 7.35. The molecule has 0 amide bonds. The molecule has 1 atom stereocenters. The Labute approximate surface area is 168 Å². The lowest BCUT2D eigenvalue weighted by atomic mass is 9.98. The molecular weight excluding hydrogens is 404 g/mol. The van der Waals surface area contributed by atoms with Crippen molar-refractivity contribution >= 4 is 38.9 Å². The molecule has 2 nitrogen and oxygen atoms in total. The van der Waals surface area contributed by atoms with Gasteiger partial charge in [-0.2, -0.15) is 0 Å². The average molecular weight is 425 g/mol. The highest BCUT2D eigenvalue weighted by atomic mass is 79.9. The Morgan fingerprint density at radius 3 is 2.19 bits per heavy atom. The van der Waals surface area contributed by atoms with Gasteiger partial charge in [-0.15, -0.1) is 0 Å². The monoisotopic (exact) mass is 424 g/mol. The van der Waals surface area contributed by atoms with E-state index in [1.165, 1.54) is 16.7 Å². The summed E-state index contributed by atoms with van der Waals surface area (Å²) >= 11 is 9.11. The van der Waals surface area contributed by atoms with Crippen LogP contribution in [0.5, 0.6) is 0 Å². The number of aryl methyl sites for hydroxylation is 2. The number of rotatable bonds is 4. The van der Waals surface area contributed by atoms with Crippen LogP contribution >= 0.6 is 28.1 Å². The van der Waals surface area contributed by atoms with Gasteiger partial charge in [-0.05, 0) is 61.0 Å². The van der Waals surface area contributed by atoms with Gasteiger partial charge >= 0.3 is 0 Å². The van der Waals surface area contributed by atoms with E-state index in [1.54, 1.807) is 0 Å². The molecule has 0 spiro atoms. The number of nitrogens with one attached hydrogen (secondary N) is 2. The predicted molar refractivity (Wildman–Crippen MR) is 118 cm³/mol. The molecule has 0 aliphatic heterocycles. The van der Waals surface area contributed by atoms with E-state index >= 15 is 0 Å². The molecule has 0 unspecified atom stereocenters. The van der Waals surface area contributed by atoms with Crippen LogP contribution in [0.1, 0.15) is 28.3 Å². The minimum atomic E-state index is -0.00616. The number of halogens is 1. The molecule has 3 aromatic carbocycles. The maximum Gasteiger partial charge on any atom is 0.171 e. The van der Waals surface area contributed by atoms with Crippen LogP contribution in [0.2, 0.25) is 0 Å². The largest absolute Gasteiger partial charge is 0.352 e. The zero-order valence-electron chi connectivity index (χ0n) is 14.8. The maximum atomic E-state index is 5.58. The first kappa shape index (κ1) is 18.6. The van der Waals surface area contributed by atoms with Gasteiger partial charge in [-0.3, -0.25) is 0 Å². The summed E-state index contributed by atoms with van der Waals surface area (Å²) in [6.45, 7) is 4.15. The van der Waals surface area contributed by atoms with Crippen molar-refractivity contribution in [2.45, 2.75) is 19.9 Å². The first-order valence-electron chi connectivity index (χ1n) is 8.48. The van der Waals surface area contributed by atoms with Crippen molar-refractivity contribution < 1.29 is 0 Å². The molecule has 0 aliphatic carbocycles. The smallest absolute Gasteiger partial charge is 0.171 e. The highest BCUT2D eigenvalue weighted by Gasteiger charge is 2.15. The fourth-order valence-corrected chi connectivity index (χ4v) is 3.27. The number of benzene rings is 3. The molecular formula is C22H21BrN2S. The van der Waals surface area contributed by atoms with Gasteiger partial charge in [0.05, 0.1) is 6.04 Å². The van der Waals surface area contributed by atoms with Crippen molar-refractivity contribution in [3.63, 3.8) is 0 Å². The van der Waals surface area contributed by atoms with Crippen molar-refractivity contribution in [2.75, 3.05) is 5.32 Å². The molecule has 0 fully saturated rings. The number of hydrogen-bond acceptors (Lipinski definition) is 1. The van der Waals surface area contributed by atoms with Crippen LogP contribution < -0.4 is 10.6 Å². The zero-order valence-corrected chi connectivity index (χ0v) is 17.2. The average Bonchev–Trinajstić information content (AvgIpc) is 2.64. The second-order valence-electron chi connectivity index (χ2n) is 6.32. The topological polar surface area (TPSA) is 24.1 Å². The fourth-order valence-electron chi connectivity index (χ4n) is 2.78. The highest BCUT2D eigenvalue weighted by Crippen LogP contribution is 2.23. The van der Waals surface area contributed by atoms with E-state index in [0.717, 1.165) is 15.7 Å². The quantitative estimate of drug-likeness (QED) is 0.491. The van der Waals surface area contributed by atoms with E-state index in [9.17, 15) is 0 Å². The molecule has 0 saturated carbocycles. The van der Waals surface area contributed by atoms with Gasteiger partial charge < -0.3 is 10.6 Å². The second-order valence-corrected chi connectivity index (χ2v) is 7.58. The molecule has 3 rings (SSSR count). The summed E-state index contributed by atoms with van der Waals surface area (Å²) in [6.07, 6.45) is 0. The van der Waals surface area contributed by atoms with Crippen LogP contribution in [-0.4, -0.2) is 5.11 Å². The van der Waals surface area contributed by atoms with Crippen LogP contribution in [0.4, 0.5) is 5.69 Å². The van der Waals surface area contributed by atoms with Crippen molar-refractivity contribution in [2.24, 2.45) is 0 Å². The van der Waals surface area contributed by atoms with E-state index in [-0.39, 0.29) is 6.04 Å². The van der Waals surface area contributed by atoms with Gasteiger partial charge in [-0.1, -0.05) is 76.1 Å². The molecule has 0 aromatic heterocycles. The Morgan fingerprint density at radius 1 is 0.885 bits per heavy atom. The van der Waals surface area contributed by atoms with Crippen molar-refractivity contribution in [3.8, 4) is 0 Å². The molecule has 0 saturated heterocycles. The third-order valence-electron chi connectivity index (χ3n) is 4.23. The molecule has 132 valence electrons. The van der Waals surface area contributed by atoms with Crippen molar-refractivity contribution in [1.82, 2.24) is 5.32 Å². The first-order valence-corrected chi connectivity index (χ1v) is 9.68. The minimum absolute atomic E-state index is 0.00616. The van der Waals surface area contributed by atoms with Gasteiger partial charge in [0.2, 0.25) is 0 Å². The second kappa shape index (κ2) is 8.47. The summed E-state index contributed by atoms with van der Waals surface area (Å²) in [6, 6.07) is 25.0. The zero-order chi connectivity index (χ0) is 18.5. The lowest BCUT2D eigenvalue weighted by molar-refractivity contribution is 0.768. The van der Waals surface area contributed by atoms with Crippen molar-refractivity contribution in [3.05, 3.63) is 99.5 Å². The van der Waals surface area contributed by atoms with E-state index in [1.807, 2.05) is 30.3 Å². The van der Waals surface area contributed by atoms with E-state index in [0.29, 0.717) is 5.11 Å². The number of hydrogen-bond donors (Lipinski definition) is 2. The number of anilines is 1. The third-order valence-corrected chi connectivity index (χ3v) is 5.34. The van der Waals surface area contributed by atoms with Gasteiger partial charge in [0.25, 0.3) is 0 Å². The molecule has 26 heavy (non-hydrogen) atoms. The van der Waals surface area contributed by atoms with Crippen LogP contribution in [0.25, 0.3) is 0 Å². The molecule has 3 aromatic rings. The van der Waals surface area contributed by atoms with E-state index in [4.69, 9.17) is 12.2 Å². The molecule has 0 radical (unpaired) electrons. The summed E-state index contributed by atoms with van der Waals surface area (Å²) in [4.78, 5) is 0. The first-order chi connectivity index (χ1) is 12.5. The van der Waals surface area contributed by atoms with Gasteiger partial charge in [0.1, 0.15) is 0 Å². The third kappa shape index (κ3) is 4.71. The lowest BCUT2D eigenvalue weighted by Gasteiger charge is -2.22. The Balaban J connectivity index is 1.82. The number of thiocarbonyl (C=S) groups is 1. The SMILES string of the molecule is Cc1ccc([C@@H](NC(=S)Nc2ccc(Br)c(C)c2)c2ccccc2)cc1. The highest BCUT2D eigenvalue weighted by molar-refractivity contribution is 9.10. The normalized spacial score (nSPS) is 11.7. The predicted octanol–water partition coefficient (Wildman–Crippen LogP) is 6.14. The maximum absolute atomic E-state index is 5.58. The van der Waals surface area contributed by atoms with Crippen LogP contribution in [0.3, 0.4) is 0 Å². The van der Waals surface area contributed by atoms with E-state index < -0.39 is 0 Å². The summed E-state index contributed by atoms with van der Waals surface area (Å²) in [5.41, 5.74) is 5.73. The lowest BCUT2D eigenvalue weighted by Crippen LogP contribution is -2.33.